The molecule has 2 aromatic rings. The first-order valence-electron chi connectivity index (χ1n) is 6.03. The number of nitrogens with two attached hydrogens (primary N) is 1. The third-order valence-electron chi connectivity index (χ3n) is 2.62. The summed E-state index contributed by atoms with van der Waals surface area (Å²) < 4.78 is 5.49. The summed E-state index contributed by atoms with van der Waals surface area (Å²) in [4.78, 5) is 1.27. The summed E-state index contributed by atoms with van der Waals surface area (Å²) >= 11 is 1.72. The van der Waals surface area contributed by atoms with Crippen molar-refractivity contribution in [3.8, 4) is 0 Å². The van der Waals surface area contributed by atoms with Gasteiger partial charge in [-0.2, -0.15) is 0 Å². The maximum Gasteiger partial charge on any atom is 0.315 e. The number of hydrogen-bond acceptors (Lipinski definition) is 6. The minimum atomic E-state index is 0.191. The molecule has 3 N–H and O–H groups in total. The second-order valence-corrected chi connectivity index (χ2v) is 5.40. The summed E-state index contributed by atoms with van der Waals surface area (Å²) in [5.41, 5.74) is 5.45. The van der Waals surface area contributed by atoms with E-state index in [4.69, 9.17) is 10.2 Å². The van der Waals surface area contributed by atoms with Gasteiger partial charge in [-0.15, -0.1) is 16.4 Å². The van der Waals surface area contributed by atoms with E-state index in [0.717, 1.165) is 0 Å². The number of anilines is 1. The molecule has 0 saturated heterocycles. The number of hydrogen-bond donors (Lipinski definition) is 2. The van der Waals surface area contributed by atoms with E-state index in [-0.39, 0.29) is 6.04 Å². The van der Waals surface area contributed by atoms with Gasteiger partial charge in [-0.05, 0) is 17.4 Å². The van der Waals surface area contributed by atoms with E-state index in [2.05, 4.69) is 40.8 Å². The van der Waals surface area contributed by atoms with Crippen LogP contribution in [0.4, 0.5) is 6.01 Å². The van der Waals surface area contributed by atoms with E-state index >= 15 is 0 Å². The fourth-order valence-corrected chi connectivity index (χ4v) is 2.65. The molecule has 0 amide bonds. The maximum atomic E-state index is 5.49. The molecule has 0 aromatic carbocycles. The predicted octanol–water partition coefficient (Wildman–Crippen LogP) is 2.44. The smallest absolute Gasteiger partial charge is 0.315 e. The highest BCUT2D eigenvalue weighted by Gasteiger charge is 2.19. The molecule has 1 atom stereocenters. The second kappa shape index (κ2) is 5.97. The molecule has 5 nitrogen and oxygen atoms in total. The van der Waals surface area contributed by atoms with Crippen molar-refractivity contribution in [2.45, 2.75) is 26.3 Å². The Bertz CT molecular complexity index is 466. The molecule has 6 heteroatoms. The Morgan fingerprint density at radius 2 is 2.28 bits per heavy atom. The lowest BCUT2D eigenvalue weighted by molar-refractivity contribution is 0.480. The molecular weight excluding hydrogens is 248 g/mol. The number of nitrogens with zero attached hydrogens (tertiary/aromatic N) is 2. The van der Waals surface area contributed by atoms with Crippen LogP contribution in [0.1, 0.15) is 30.7 Å². The van der Waals surface area contributed by atoms with E-state index in [9.17, 15) is 0 Å². The lowest BCUT2D eigenvalue weighted by atomic mass is 10.0. The van der Waals surface area contributed by atoms with Gasteiger partial charge < -0.3 is 15.5 Å². The Morgan fingerprint density at radius 1 is 1.44 bits per heavy atom. The highest BCUT2D eigenvalue weighted by atomic mass is 32.1. The molecule has 2 heterocycles. The van der Waals surface area contributed by atoms with Gasteiger partial charge in [0.15, 0.2) is 0 Å². The molecule has 2 rings (SSSR count). The van der Waals surface area contributed by atoms with Crippen molar-refractivity contribution in [3.05, 3.63) is 28.3 Å². The van der Waals surface area contributed by atoms with Gasteiger partial charge in [0.1, 0.15) is 0 Å². The summed E-state index contributed by atoms with van der Waals surface area (Å²) in [6.07, 6.45) is 0.611. The van der Waals surface area contributed by atoms with Gasteiger partial charge in [0.05, 0.1) is 6.04 Å². The summed E-state index contributed by atoms with van der Waals surface area (Å²) in [7, 11) is 0. The number of rotatable bonds is 6. The second-order valence-electron chi connectivity index (χ2n) is 4.42. The molecule has 0 saturated carbocycles. The number of thiophene rings is 1. The molecular formula is C12H18N4OS. The molecule has 2 aromatic heterocycles. The van der Waals surface area contributed by atoms with Crippen molar-refractivity contribution >= 4 is 17.4 Å². The van der Waals surface area contributed by atoms with E-state index in [1.807, 2.05) is 6.07 Å². The van der Waals surface area contributed by atoms with Gasteiger partial charge in [-0.3, -0.25) is 0 Å². The average molecular weight is 266 g/mol. The predicted molar refractivity (Wildman–Crippen MR) is 72.6 cm³/mol. The van der Waals surface area contributed by atoms with Crippen molar-refractivity contribution in [1.29, 1.82) is 0 Å². The molecule has 98 valence electrons. The molecule has 0 radical (unpaired) electrons. The molecule has 18 heavy (non-hydrogen) atoms. The minimum absolute atomic E-state index is 0.191. The summed E-state index contributed by atoms with van der Waals surface area (Å²) in [5, 5.41) is 13.3. The molecule has 1 unspecified atom stereocenters. The average Bonchev–Trinajstić information content (AvgIpc) is 2.96. The number of nitrogens with one attached hydrogen (secondary N) is 1. The van der Waals surface area contributed by atoms with Crippen molar-refractivity contribution in [2.75, 3.05) is 11.9 Å². The van der Waals surface area contributed by atoms with Crippen molar-refractivity contribution in [1.82, 2.24) is 10.2 Å². The largest absolute Gasteiger partial charge is 0.408 e. The highest BCUT2D eigenvalue weighted by Crippen LogP contribution is 2.29. The van der Waals surface area contributed by atoms with Gasteiger partial charge in [0.25, 0.3) is 0 Å². The lowest BCUT2D eigenvalue weighted by Crippen LogP contribution is -2.15. The van der Waals surface area contributed by atoms with Crippen molar-refractivity contribution in [2.24, 2.45) is 11.7 Å². The zero-order valence-electron chi connectivity index (χ0n) is 10.6. The summed E-state index contributed by atoms with van der Waals surface area (Å²) in [6.45, 7) is 4.84. The quantitative estimate of drug-likeness (QED) is 0.839. The molecule has 0 bridgehead atoms. The van der Waals surface area contributed by atoms with E-state index in [1.54, 1.807) is 11.3 Å². The van der Waals surface area contributed by atoms with Gasteiger partial charge in [0.2, 0.25) is 5.89 Å². The highest BCUT2D eigenvalue weighted by molar-refractivity contribution is 7.10. The van der Waals surface area contributed by atoms with E-state index < -0.39 is 0 Å². The van der Waals surface area contributed by atoms with Gasteiger partial charge >= 0.3 is 6.01 Å². The van der Waals surface area contributed by atoms with E-state index in [0.29, 0.717) is 30.8 Å². The maximum absolute atomic E-state index is 5.49. The Hall–Kier alpha value is -1.40. The molecule has 0 fully saturated rings. The third-order valence-corrected chi connectivity index (χ3v) is 3.58. The zero-order chi connectivity index (χ0) is 13.0. The first kappa shape index (κ1) is 13.0. The zero-order valence-corrected chi connectivity index (χ0v) is 11.4. The Labute approximate surface area is 110 Å². The Balaban J connectivity index is 2.09. The minimum Gasteiger partial charge on any atom is -0.408 e. The Morgan fingerprint density at radius 3 is 2.89 bits per heavy atom. The summed E-state index contributed by atoms with van der Waals surface area (Å²) in [6, 6.07) is 4.81. The van der Waals surface area contributed by atoms with Crippen LogP contribution in [0, 0.1) is 5.92 Å². The number of aromatic nitrogens is 2. The summed E-state index contributed by atoms with van der Waals surface area (Å²) in [5.74, 6) is 1.02. The SMILES string of the molecule is CC(C)C(Nc1nnc(CCN)o1)c1cccs1. The first-order valence-corrected chi connectivity index (χ1v) is 6.91. The van der Waals surface area contributed by atoms with Crippen LogP contribution in [0.5, 0.6) is 0 Å². The lowest BCUT2D eigenvalue weighted by Gasteiger charge is -2.19. The van der Waals surface area contributed by atoms with Crippen molar-refractivity contribution in [3.63, 3.8) is 0 Å². The van der Waals surface area contributed by atoms with Crippen LogP contribution in [-0.4, -0.2) is 16.7 Å². The van der Waals surface area contributed by atoms with Crippen molar-refractivity contribution < 1.29 is 4.42 Å². The monoisotopic (exact) mass is 266 g/mol. The molecule has 0 aliphatic carbocycles. The van der Waals surface area contributed by atoms with E-state index in [1.165, 1.54) is 4.88 Å². The van der Waals surface area contributed by atoms with Crippen LogP contribution in [0.15, 0.2) is 21.9 Å². The van der Waals surface area contributed by atoms with Gasteiger partial charge in [-0.25, -0.2) is 0 Å². The van der Waals surface area contributed by atoms with Gasteiger partial charge in [-0.1, -0.05) is 25.0 Å². The van der Waals surface area contributed by atoms with Crippen LogP contribution in [0.3, 0.4) is 0 Å². The third kappa shape index (κ3) is 3.08. The molecule has 0 spiro atoms. The normalized spacial score (nSPS) is 12.9. The first-order chi connectivity index (χ1) is 8.70. The van der Waals surface area contributed by atoms with Crippen LogP contribution in [0.2, 0.25) is 0 Å². The fraction of sp³-hybridized carbons (Fsp3) is 0.500. The molecule has 0 aliphatic heterocycles. The molecule has 0 aliphatic rings. The van der Waals surface area contributed by atoms with Crippen LogP contribution >= 0.6 is 11.3 Å². The standard InChI is InChI=1S/C12H18N4OS/c1-8(2)11(9-4-3-7-18-9)14-12-16-15-10(17-12)5-6-13/h3-4,7-8,11H,5-6,13H2,1-2H3,(H,14,16). The van der Waals surface area contributed by atoms with Crippen LogP contribution < -0.4 is 11.1 Å². The fourth-order valence-electron chi connectivity index (χ4n) is 1.70. The van der Waals surface area contributed by atoms with Crippen LogP contribution in [0.25, 0.3) is 0 Å². The van der Waals surface area contributed by atoms with Crippen LogP contribution in [-0.2, 0) is 6.42 Å². The Kier molecular flexibility index (Phi) is 4.33. The topological polar surface area (TPSA) is 77.0 Å². The van der Waals surface area contributed by atoms with Gasteiger partial charge in [0, 0.05) is 17.8 Å².